The Morgan fingerprint density at radius 1 is 1.50 bits per heavy atom. The molecule has 6 heteroatoms. The van der Waals surface area contributed by atoms with Crippen molar-refractivity contribution in [2.24, 2.45) is 5.41 Å². The van der Waals surface area contributed by atoms with Crippen molar-refractivity contribution in [1.29, 1.82) is 0 Å². The van der Waals surface area contributed by atoms with Crippen LogP contribution in [0.4, 0.5) is 9.18 Å². The Hall–Kier alpha value is -1.14. The number of benzene rings is 1. The van der Waals surface area contributed by atoms with Gasteiger partial charge in [-0.3, -0.25) is 4.90 Å². The highest BCUT2D eigenvalue weighted by atomic mass is 79.9. The van der Waals surface area contributed by atoms with Crippen LogP contribution in [-0.4, -0.2) is 31.3 Å². The molecule has 122 valence electrons. The molecule has 1 aromatic carbocycles. The highest BCUT2D eigenvalue weighted by Crippen LogP contribution is 2.35. The second kappa shape index (κ2) is 6.54. The van der Waals surface area contributed by atoms with Crippen LogP contribution in [0.5, 0.6) is 0 Å². The Morgan fingerprint density at radius 3 is 2.82 bits per heavy atom. The van der Waals surface area contributed by atoms with Gasteiger partial charge in [-0.25, -0.2) is 9.18 Å². The number of hydrogen-bond donors (Lipinski definition) is 0. The fourth-order valence-corrected chi connectivity index (χ4v) is 2.81. The van der Waals surface area contributed by atoms with E-state index in [0.717, 1.165) is 10.0 Å². The topological polar surface area (TPSA) is 38.8 Å². The van der Waals surface area contributed by atoms with Crippen molar-refractivity contribution < 1.29 is 18.7 Å². The molecule has 1 aliphatic rings. The standard InChI is InChI=1S/C16H21BrFNO3/c1-16(2,3)9-22-15(20)19(4)14-13-10(7-8-21-14)11(17)5-6-12(13)18/h5-6,14H,7-9H2,1-4H3. The number of carbonyl (C=O) groups excluding carboxylic acids is 1. The SMILES string of the molecule is CN(C(=O)OCC(C)(C)C)C1OCCc2c(Br)ccc(F)c21. The molecule has 0 bridgehead atoms. The van der Waals surface area contributed by atoms with Gasteiger partial charge in [0.15, 0.2) is 6.23 Å². The predicted octanol–water partition coefficient (Wildman–Crippen LogP) is 4.27. The molecule has 0 aromatic heterocycles. The summed E-state index contributed by atoms with van der Waals surface area (Å²) < 4.78 is 25.9. The molecule has 2 rings (SSSR count). The van der Waals surface area contributed by atoms with Gasteiger partial charge in [0.25, 0.3) is 0 Å². The summed E-state index contributed by atoms with van der Waals surface area (Å²) >= 11 is 3.43. The molecule has 0 saturated carbocycles. The van der Waals surface area contributed by atoms with Gasteiger partial charge < -0.3 is 9.47 Å². The first-order valence-electron chi connectivity index (χ1n) is 7.18. The quantitative estimate of drug-likeness (QED) is 0.776. The number of carbonyl (C=O) groups is 1. The van der Waals surface area contributed by atoms with E-state index in [0.29, 0.717) is 18.6 Å². The van der Waals surface area contributed by atoms with Crippen LogP contribution in [0.3, 0.4) is 0 Å². The summed E-state index contributed by atoms with van der Waals surface area (Å²) in [4.78, 5) is 13.5. The molecule has 0 saturated heterocycles. The maximum Gasteiger partial charge on any atom is 0.411 e. The van der Waals surface area contributed by atoms with Gasteiger partial charge in [-0.2, -0.15) is 0 Å². The number of nitrogens with zero attached hydrogens (tertiary/aromatic N) is 1. The molecule has 0 fully saturated rings. The maximum atomic E-state index is 14.2. The molecule has 0 N–H and O–H groups in total. The Morgan fingerprint density at radius 2 is 2.18 bits per heavy atom. The molecule has 0 radical (unpaired) electrons. The van der Waals surface area contributed by atoms with E-state index in [1.807, 2.05) is 20.8 Å². The van der Waals surface area contributed by atoms with E-state index in [2.05, 4.69) is 15.9 Å². The largest absolute Gasteiger partial charge is 0.449 e. The second-order valence-electron chi connectivity index (χ2n) is 6.62. The lowest BCUT2D eigenvalue weighted by atomic mass is 9.99. The minimum Gasteiger partial charge on any atom is -0.449 e. The van der Waals surface area contributed by atoms with Crippen LogP contribution in [-0.2, 0) is 15.9 Å². The van der Waals surface area contributed by atoms with Crippen LogP contribution in [0.2, 0.25) is 0 Å². The van der Waals surface area contributed by atoms with Gasteiger partial charge in [0.1, 0.15) is 5.82 Å². The Balaban J connectivity index is 2.21. The van der Waals surface area contributed by atoms with Crippen molar-refractivity contribution in [3.8, 4) is 0 Å². The highest BCUT2D eigenvalue weighted by Gasteiger charge is 2.32. The van der Waals surface area contributed by atoms with Gasteiger partial charge >= 0.3 is 6.09 Å². The van der Waals surface area contributed by atoms with Gasteiger partial charge in [-0.05, 0) is 29.5 Å². The molecule has 0 aliphatic carbocycles. The number of hydrogen-bond acceptors (Lipinski definition) is 3. The van der Waals surface area contributed by atoms with Gasteiger partial charge in [-0.15, -0.1) is 0 Å². The van der Waals surface area contributed by atoms with E-state index in [9.17, 15) is 9.18 Å². The number of halogens is 2. The van der Waals surface area contributed by atoms with Crippen LogP contribution in [0.1, 0.15) is 38.1 Å². The molecule has 4 nitrogen and oxygen atoms in total. The third kappa shape index (κ3) is 3.79. The summed E-state index contributed by atoms with van der Waals surface area (Å²) in [5.74, 6) is -0.377. The molecule has 1 unspecified atom stereocenters. The average molecular weight is 374 g/mol. The molecular weight excluding hydrogens is 353 g/mol. The smallest absolute Gasteiger partial charge is 0.411 e. The Kier molecular flexibility index (Phi) is 5.12. The zero-order valence-electron chi connectivity index (χ0n) is 13.3. The fourth-order valence-electron chi connectivity index (χ4n) is 2.27. The lowest BCUT2D eigenvalue weighted by Gasteiger charge is -2.33. The fraction of sp³-hybridized carbons (Fsp3) is 0.562. The molecular formula is C16H21BrFNO3. The van der Waals surface area contributed by atoms with E-state index in [1.165, 1.54) is 11.0 Å². The number of ether oxygens (including phenoxy) is 2. The van der Waals surface area contributed by atoms with Crippen molar-refractivity contribution in [2.75, 3.05) is 20.3 Å². The molecule has 1 heterocycles. The number of amides is 1. The van der Waals surface area contributed by atoms with E-state index < -0.39 is 12.3 Å². The van der Waals surface area contributed by atoms with Gasteiger partial charge in [-0.1, -0.05) is 36.7 Å². The molecule has 1 aliphatic heterocycles. The van der Waals surface area contributed by atoms with E-state index in [1.54, 1.807) is 13.1 Å². The summed E-state index contributed by atoms with van der Waals surface area (Å²) in [7, 11) is 1.56. The molecule has 1 amide bonds. The minimum atomic E-state index is -0.770. The average Bonchev–Trinajstić information content (AvgIpc) is 2.46. The molecule has 0 spiro atoms. The van der Waals surface area contributed by atoms with Gasteiger partial charge in [0, 0.05) is 17.1 Å². The summed E-state index contributed by atoms with van der Waals surface area (Å²) in [5.41, 5.74) is 1.11. The Bertz CT molecular complexity index is 571. The first kappa shape index (κ1) is 17.2. The highest BCUT2D eigenvalue weighted by molar-refractivity contribution is 9.10. The van der Waals surface area contributed by atoms with Crippen molar-refractivity contribution >= 4 is 22.0 Å². The molecule has 1 atom stereocenters. The predicted molar refractivity (Wildman–Crippen MR) is 85.1 cm³/mol. The summed E-state index contributed by atoms with van der Waals surface area (Å²) in [5, 5.41) is 0. The van der Waals surface area contributed by atoms with Crippen LogP contribution >= 0.6 is 15.9 Å². The zero-order chi connectivity index (χ0) is 16.5. The first-order chi connectivity index (χ1) is 10.2. The summed E-state index contributed by atoms with van der Waals surface area (Å²) in [6.45, 7) is 6.64. The van der Waals surface area contributed by atoms with E-state index >= 15 is 0 Å². The van der Waals surface area contributed by atoms with E-state index in [-0.39, 0.29) is 17.8 Å². The summed E-state index contributed by atoms with van der Waals surface area (Å²) in [6, 6.07) is 3.05. The van der Waals surface area contributed by atoms with E-state index in [4.69, 9.17) is 9.47 Å². The third-order valence-corrected chi connectivity index (χ3v) is 4.13. The summed E-state index contributed by atoms with van der Waals surface area (Å²) in [6.07, 6.45) is -0.685. The minimum absolute atomic E-state index is 0.129. The van der Waals surface area contributed by atoms with Gasteiger partial charge in [0.05, 0.1) is 13.2 Å². The zero-order valence-corrected chi connectivity index (χ0v) is 14.9. The second-order valence-corrected chi connectivity index (χ2v) is 7.48. The number of fused-ring (bicyclic) bond motifs is 1. The maximum absolute atomic E-state index is 14.2. The van der Waals surface area contributed by atoms with Crippen LogP contribution in [0.25, 0.3) is 0 Å². The normalized spacial score (nSPS) is 17.8. The molecule has 1 aromatic rings. The van der Waals surface area contributed by atoms with Gasteiger partial charge in [0.2, 0.25) is 0 Å². The van der Waals surface area contributed by atoms with Crippen LogP contribution in [0.15, 0.2) is 16.6 Å². The van der Waals surface area contributed by atoms with Crippen molar-refractivity contribution in [3.05, 3.63) is 33.5 Å². The molecule has 22 heavy (non-hydrogen) atoms. The monoisotopic (exact) mass is 373 g/mol. The van der Waals surface area contributed by atoms with Crippen LogP contribution < -0.4 is 0 Å². The van der Waals surface area contributed by atoms with Crippen molar-refractivity contribution in [2.45, 2.75) is 33.4 Å². The third-order valence-electron chi connectivity index (χ3n) is 3.39. The lowest BCUT2D eigenvalue weighted by molar-refractivity contribution is -0.0582. The lowest BCUT2D eigenvalue weighted by Crippen LogP contribution is -2.38. The Labute approximate surface area is 138 Å². The first-order valence-corrected chi connectivity index (χ1v) is 7.98. The number of rotatable bonds is 2. The van der Waals surface area contributed by atoms with Crippen molar-refractivity contribution in [3.63, 3.8) is 0 Å². The van der Waals surface area contributed by atoms with Crippen molar-refractivity contribution in [1.82, 2.24) is 4.90 Å². The van der Waals surface area contributed by atoms with Crippen LogP contribution in [0, 0.1) is 11.2 Å².